The number of anilines is 1. The number of primary amides is 1. The maximum atomic E-state index is 14.0. The van der Waals surface area contributed by atoms with Crippen LogP contribution in [0.3, 0.4) is 0 Å². The van der Waals surface area contributed by atoms with Crippen molar-refractivity contribution >= 4 is 17.6 Å². The molecule has 0 aliphatic carbocycles. The third-order valence-corrected chi connectivity index (χ3v) is 7.46. The van der Waals surface area contributed by atoms with Crippen LogP contribution in [0.25, 0.3) is 0 Å². The molecule has 3 saturated heterocycles. The van der Waals surface area contributed by atoms with Crippen LogP contribution in [0.5, 0.6) is 0 Å². The van der Waals surface area contributed by atoms with Gasteiger partial charge < -0.3 is 20.3 Å². The van der Waals surface area contributed by atoms with E-state index in [2.05, 4.69) is 5.10 Å². The number of rotatable bonds is 4. The number of ether oxygens (including phenoxy) is 1. The lowest BCUT2D eigenvalue weighted by atomic mass is 9.86. The molecule has 9 nitrogen and oxygen atoms in total. The average molecular weight is 507 g/mol. The molecule has 1 spiro atoms. The first-order chi connectivity index (χ1) is 17.1. The minimum absolute atomic E-state index is 0.157. The Balaban J connectivity index is 1.26. The molecule has 5 rings (SSSR count). The lowest BCUT2D eigenvalue weighted by Crippen LogP contribution is -2.37. The number of amides is 2. The summed E-state index contributed by atoms with van der Waals surface area (Å²) in [7, 11) is 0. The number of hydrogen-bond donors (Lipinski definition) is 1. The molecule has 0 bridgehead atoms. The highest BCUT2D eigenvalue weighted by Crippen LogP contribution is 2.41. The van der Waals surface area contributed by atoms with Gasteiger partial charge >= 0.3 is 12.2 Å². The van der Waals surface area contributed by atoms with Crippen LogP contribution in [-0.4, -0.2) is 84.0 Å². The van der Waals surface area contributed by atoms with Crippen LogP contribution in [0.1, 0.15) is 34.3 Å². The first kappa shape index (κ1) is 24.6. The summed E-state index contributed by atoms with van der Waals surface area (Å²) in [5, 5.41) is 3.94. The second-order valence-electron chi connectivity index (χ2n) is 9.89. The molecule has 2 amide bonds. The third kappa shape index (κ3) is 4.92. The Morgan fingerprint density at radius 1 is 1.08 bits per heavy atom. The van der Waals surface area contributed by atoms with Crippen molar-refractivity contribution in [2.75, 3.05) is 57.4 Å². The van der Waals surface area contributed by atoms with Crippen LogP contribution >= 0.6 is 0 Å². The summed E-state index contributed by atoms with van der Waals surface area (Å²) in [6, 6.07) is 4.28. The van der Waals surface area contributed by atoms with Gasteiger partial charge in [0, 0.05) is 56.6 Å². The van der Waals surface area contributed by atoms with Gasteiger partial charge in [-0.25, -0.2) is 4.79 Å². The van der Waals surface area contributed by atoms with Crippen molar-refractivity contribution in [3.8, 4) is 0 Å². The predicted molar refractivity (Wildman–Crippen MR) is 125 cm³/mol. The second kappa shape index (κ2) is 9.40. The second-order valence-corrected chi connectivity index (χ2v) is 9.89. The number of hydrogen-bond acceptors (Lipinski definition) is 6. The van der Waals surface area contributed by atoms with Crippen LogP contribution in [-0.2, 0) is 17.5 Å². The number of nitrogens with two attached hydrogens (primary N) is 1. The average Bonchev–Trinajstić information content (AvgIpc) is 3.60. The van der Waals surface area contributed by atoms with Crippen molar-refractivity contribution in [2.24, 2.45) is 11.1 Å². The fourth-order valence-corrected chi connectivity index (χ4v) is 5.52. The number of nitrogens with zero attached hydrogens (tertiary/aromatic N) is 5. The Bertz CT molecular complexity index is 1150. The van der Waals surface area contributed by atoms with Gasteiger partial charge in [0.2, 0.25) is 0 Å². The predicted octanol–water partition coefficient (Wildman–Crippen LogP) is 2.40. The van der Waals surface area contributed by atoms with E-state index in [1.807, 2.05) is 9.80 Å². The molecule has 1 atom stereocenters. The quantitative estimate of drug-likeness (QED) is 0.684. The van der Waals surface area contributed by atoms with Crippen LogP contribution in [0.4, 0.5) is 23.7 Å². The summed E-state index contributed by atoms with van der Waals surface area (Å²) in [6.07, 6.45) is -0.308. The number of aromatic nitrogens is 2. The van der Waals surface area contributed by atoms with Crippen LogP contribution in [0.15, 0.2) is 30.6 Å². The molecule has 0 saturated carbocycles. The van der Waals surface area contributed by atoms with Gasteiger partial charge in [-0.2, -0.15) is 23.0 Å². The standard InChI is InChI=1S/C24H29F3N6O3/c25-24(26,27)20-11-19(31-7-9-36-10-8-31)2-1-17(20)13-30-5-3-23(15-30)4-6-32(16-23)22(35)33-14-18(12-29-33)21(28)34/h1-2,11-12,14H,3-10,13,15-16H2,(H2,28,34)/t23-/m1/s1. The Kier molecular flexibility index (Phi) is 6.41. The molecule has 194 valence electrons. The van der Waals surface area contributed by atoms with E-state index in [0.29, 0.717) is 58.2 Å². The molecule has 2 aromatic rings. The van der Waals surface area contributed by atoms with E-state index >= 15 is 0 Å². The molecule has 4 heterocycles. The third-order valence-electron chi connectivity index (χ3n) is 7.46. The highest BCUT2D eigenvalue weighted by Gasteiger charge is 2.45. The number of carbonyl (C=O) groups excluding carboxylic acids is 2. The maximum absolute atomic E-state index is 14.0. The van der Waals surface area contributed by atoms with Gasteiger partial charge in [0.1, 0.15) is 0 Å². The SMILES string of the molecule is NC(=O)c1cnn(C(=O)N2CC[C@@]3(CCN(Cc4ccc(N5CCOCC5)cc4C(F)(F)F)C3)C2)c1. The molecule has 36 heavy (non-hydrogen) atoms. The first-order valence-electron chi connectivity index (χ1n) is 12.0. The van der Waals surface area contributed by atoms with E-state index in [9.17, 15) is 22.8 Å². The van der Waals surface area contributed by atoms with Gasteiger partial charge in [-0.05, 0) is 37.1 Å². The molecule has 0 radical (unpaired) electrons. The minimum atomic E-state index is -4.45. The number of alkyl halides is 3. The zero-order valence-corrected chi connectivity index (χ0v) is 19.8. The van der Waals surface area contributed by atoms with E-state index < -0.39 is 17.6 Å². The highest BCUT2D eigenvalue weighted by molar-refractivity contribution is 5.93. The van der Waals surface area contributed by atoms with Gasteiger partial charge in [0.05, 0.1) is 30.5 Å². The van der Waals surface area contributed by atoms with E-state index in [1.54, 1.807) is 17.0 Å². The summed E-state index contributed by atoms with van der Waals surface area (Å²) in [4.78, 5) is 29.8. The number of carbonyl (C=O) groups is 2. The largest absolute Gasteiger partial charge is 0.416 e. The zero-order valence-electron chi connectivity index (χ0n) is 19.8. The normalized spacial score (nSPS) is 23.1. The van der Waals surface area contributed by atoms with Gasteiger partial charge in [-0.1, -0.05) is 6.07 Å². The summed E-state index contributed by atoms with van der Waals surface area (Å²) >= 11 is 0. The van der Waals surface area contributed by atoms with Crippen molar-refractivity contribution in [3.05, 3.63) is 47.3 Å². The smallest absolute Gasteiger partial charge is 0.378 e. The van der Waals surface area contributed by atoms with Crippen LogP contribution in [0.2, 0.25) is 0 Å². The van der Waals surface area contributed by atoms with Gasteiger partial charge in [0.15, 0.2) is 0 Å². The van der Waals surface area contributed by atoms with E-state index in [0.717, 1.165) is 17.5 Å². The van der Waals surface area contributed by atoms with Crippen LogP contribution in [0, 0.1) is 5.41 Å². The first-order valence-corrected chi connectivity index (χ1v) is 12.0. The Labute approximate surface area is 206 Å². The fraction of sp³-hybridized carbons (Fsp3) is 0.542. The molecule has 3 fully saturated rings. The molecule has 0 unspecified atom stereocenters. The minimum Gasteiger partial charge on any atom is -0.378 e. The van der Waals surface area contributed by atoms with E-state index in [4.69, 9.17) is 10.5 Å². The summed E-state index contributed by atoms with van der Waals surface area (Å²) in [5.41, 5.74) is 5.46. The highest BCUT2D eigenvalue weighted by atomic mass is 19.4. The molecular weight excluding hydrogens is 477 g/mol. The topological polar surface area (TPSA) is 96.9 Å². The maximum Gasteiger partial charge on any atom is 0.416 e. The van der Waals surface area contributed by atoms with Crippen molar-refractivity contribution in [1.29, 1.82) is 0 Å². The number of benzene rings is 1. The molecule has 1 aromatic heterocycles. The summed E-state index contributed by atoms with van der Waals surface area (Å²) in [5.74, 6) is -0.658. The Morgan fingerprint density at radius 3 is 2.53 bits per heavy atom. The van der Waals surface area contributed by atoms with Crippen LogP contribution < -0.4 is 10.6 Å². The monoisotopic (exact) mass is 506 g/mol. The van der Waals surface area contributed by atoms with E-state index in [1.165, 1.54) is 18.5 Å². The lowest BCUT2D eigenvalue weighted by Gasteiger charge is -2.30. The summed E-state index contributed by atoms with van der Waals surface area (Å²) in [6.45, 7) is 4.66. The van der Waals surface area contributed by atoms with Gasteiger partial charge in [0.25, 0.3) is 5.91 Å². The number of morpholine rings is 1. The fourth-order valence-electron chi connectivity index (χ4n) is 5.52. The van der Waals surface area contributed by atoms with Crippen molar-refractivity contribution in [2.45, 2.75) is 25.6 Å². The van der Waals surface area contributed by atoms with Gasteiger partial charge in [-0.3, -0.25) is 9.69 Å². The number of halogens is 3. The molecule has 12 heteroatoms. The molecule has 3 aliphatic rings. The zero-order chi connectivity index (χ0) is 25.5. The molecular formula is C24H29F3N6O3. The van der Waals surface area contributed by atoms with Crippen molar-refractivity contribution in [1.82, 2.24) is 19.6 Å². The molecule has 1 aromatic carbocycles. The van der Waals surface area contributed by atoms with E-state index in [-0.39, 0.29) is 29.1 Å². The Hall–Kier alpha value is -3.12. The van der Waals surface area contributed by atoms with Crippen molar-refractivity contribution in [3.63, 3.8) is 0 Å². The van der Waals surface area contributed by atoms with Crippen molar-refractivity contribution < 1.29 is 27.5 Å². The lowest BCUT2D eigenvalue weighted by molar-refractivity contribution is -0.138. The van der Waals surface area contributed by atoms with Gasteiger partial charge in [-0.15, -0.1) is 0 Å². The summed E-state index contributed by atoms with van der Waals surface area (Å²) < 4.78 is 48.3. The molecule has 3 aliphatic heterocycles. The number of likely N-dealkylation sites (tertiary alicyclic amines) is 2. The molecule has 2 N–H and O–H groups in total. The Morgan fingerprint density at radius 2 is 1.83 bits per heavy atom.